The Morgan fingerprint density at radius 2 is 1.86 bits per heavy atom. The summed E-state index contributed by atoms with van der Waals surface area (Å²) >= 11 is 0. The van der Waals surface area contributed by atoms with Crippen LogP contribution in [0, 0.1) is 6.92 Å². The van der Waals surface area contributed by atoms with E-state index in [4.69, 9.17) is 10.7 Å². The largest absolute Gasteiger partial charge is 0.341 e. The number of nitrogens with one attached hydrogen (secondary N) is 2. The standard InChI is InChI=1S/C27H30N8O/c1-17-9-10-18(25(36)32-20-8-6-7-19(14-20)27(2,3)28)13-21(17)33-24-23-22(30-16-31-24)15-29-26(34-23)35-11-4-5-12-35/h6-10,13-16H,4-5,11-12,28H2,1-3H3,(H,32,36)(H,30,31,33). The zero-order valence-corrected chi connectivity index (χ0v) is 20.7. The highest BCUT2D eigenvalue weighted by molar-refractivity contribution is 6.05. The van der Waals surface area contributed by atoms with Crippen molar-refractivity contribution < 1.29 is 4.79 Å². The van der Waals surface area contributed by atoms with Crippen LogP contribution in [-0.2, 0) is 5.54 Å². The van der Waals surface area contributed by atoms with Crippen molar-refractivity contribution in [1.82, 2.24) is 19.9 Å². The molecule has 1 aliphatic rings. The topological polar surface area (TPSA) is 122 Å². The molecule has 2 aromatic carbocycles. The summed E-state index contributed by atoms with van der Waals surface area (Å²) in [6.07, 6.45) is 5.50. The van der Waals surface area contributed by atoms with E-state index in [-0.39, 0.29) is 5.91 Å². The van der Waals surface area contributed by atoms with Crippen molar-refractivity contribution >= 4 is 40.1 Å². The number of carbonyl (C=O) groups is 1. The van der Waals surface area contributed by atoms with Gasteiger partial charge in [0.05, 0.1) is 6.20 Å². The quantitative estimate of drug-likeness (QED) is 0.367. The smallest absolute Gasteiger partial charge is 0.255 e. The monoisotopic (exact) mass is 482 g/mol. The third kappa shape index (κ3) is 4.96. The minimum absolute atomic E-state index is 0.212. The van der Waals surface area contributed by atoms with Crippen molar-refractivity contribution in [3.8, 4) is 0 Å². The number of benzene rings is 2. The molecule has 0 atom stereocenters. The summed E-state index contributed by atoms with van der Waals surface area (Å²) in [5, 5.41) is 6.34. The van der Waals surface area contributed by atoms with Gasteiger partial charge < -0.3 is 21.3 Å². The minimum Gasteiger partial charge on any atom is -0.341 e. The second kappa shape index (κ2) is 9.50. The molecule has 3 heterocycles. The van der Waals surface area contributed by atoms with Crippen molar-refractivity contribution in [2.45, 2.75) is 39.2 Å². The minimum atomic E-state index is -0.500. The van der Waals surface area contributed by atoms with Crippen LogP contribution in [0.1, 0.15) is 48.2 Å². The van der Waals surface area contributed by atoms with Gasteiger partial charge in [-0.2, -0.15) is 0 Å². The van der Waals surface area contributed by atoms with Crippen LogP contribution < -0.4 is 21.3 Å². The SMILES string of the molecule is Cc1ccc(C(=O)Nc2cccc(C(C)(C)N)c2)cc1Nc1ncnc2cnc(N3CCCC3)nc12. The fourth-order valence-corrected chi connectivity index (χ4v) is 4.23. The molecule has 0 unspecified atom stereocenters. The van der Waals surface area contributed by atoms with E-state index in [1.807, 2.05) is 57.2 Å². The molecule has 1 saturated heterocycles. The van der Waals surface area contributed by atoms with E-state index in [1.54, 1.807) is 12.3 Å². The summed E-state index contributed by atoms with van der Waals surface area (Å²) in [7, 11) is 0. The van der Waals surface area contributed by atoms with Crippen molar-refractivity contribution in [3.05, 3.63) is 71.7 Å². The highest BCUT2D eigenvalue weighted by Crippen LogP contribution is 2.27. The number of hydrogen-bond donors (Lipinski definition) is 3. The first-order valence-corrected chi connectivity index (χ1v) is 12.1. The van der Waals surface area contributed by atoms with E-state index in [9.17, 15) is 4.79 Å². The molecule has 9 nitrogen and oxygen atoms in total. The molecular weight excluding hydrogens is 452 g/mol. The highest BCUT2D eigenvalue weighted by atomic mass is 16.1. The lowest BCUT2D eigenvalue weighted by molar-refractivity contribution is 0.102. The Kier molecular flexibility index (Phi) is 6.24. The Hall–Kier alpha value is -4.11. The van der Waals surface area contributed by atoms with Gasteiger partial charge in [-0.15, -0.1) is 0 Å². The number of aromatic nitrogens is 4. The van der Waals surface area contributed by atoms with Crippen molar-refractivity contribution in [2.75, 3.05) is 28.6 Å². The van der Waals surface area contributed by atoms with Crippen LogP contribution in [0.3, 0.4) is 0 Å². The molecule has 5 rings (SSSR count). The summed E-state index contributed by atoms with van der Waals surface area (Å²) in [6, 6.07) is 13.1. The summed E-state index contributed by atoms with van der Waals surface area (Å²) in [5.74, 6) is 1.04. The Morgan fingerprint density at radius 1 is 1.06 bits per heavy atom. The molecule has 184 valence electrons. The van der Waals surface area contributed by atoms with Crippen LogP contribution in [-0.4, -0.2) is 38.9 Å². The average Bonchev–Trinajstić information content (AvgIpc) is 3.40. The number of fused-ring (bicyclic) bond motifs is 1. The molecule has 0 radical (unpaired) electrons. The lowest BCUT2D eigenvalue weighted by Gasteiger charge is -2.20. The van der Waals surface area contributed by atoms with E-state index in [0.717, 1.165) is 42.7 Å². The number of amides is 1. The summed E-state index contributed by atoms with van der Waals surface area (Å²) in [5.41, 5.74) is 10.9. The number of rotatable bonds is 6. The maximum Gasteiger partial charge on any atom is 0.255 e. The van der Waals surface area contributed by atoms with Crippen molar-refractivity contribution in [2.24, 2.45) is 5.73 Å². The Labute approximate surface area is 210 Å². The maximum atomic E-state index is 13.1. The first-order chi connectivity index (χ1) is 17.3. The zero-order chi connectivity index (χ0) is 25.3. The molecule has 0 bridgehead atoms. The van der Waals surface area contributed by atoms with Crippen LogP contribution in [0.4, 0.5) is 23.1 Å². The Bertz CT molecular complexity index is 1420. The molecule has 1 aliphatic heterocycles. The van der Waals surface area contributed by atoms with Crippen LogP contribution >= 0.6 is 0 Å². The number of aryl methyl sites for hydroxylation is 1. The zero-order valence-electron chi connectivity index (χ0n) is 20.7. The van der Waals surface area contributed by atoms with Gasteiger partial charge in [0.1, 0.15) is 17.4 Å². The van der Waals surface area contributed by atoms with Gasteiger partial charge in [0.15, 0.2) is 5.82 Å². The number of nitrogens with zero attached hydrogens (tertiary/aromatic N) is 5. The van der Waals surface area contributed by atoms with Gasteiger partial charge in [-0.25, -0.2) is 19.9 Å². The van der Waals surface area contributed by atoms with Crippen molar-refractivity contribution in [1.29, 1.82) is 0 Å². The molecule has 1 amide bonds. The third-order valence-corrected chi connectivity index (χ3v) is 6.37. The number of carbonyl (C=O) groups excluding carboxylic acids is 1. The molecule has 4 aromatic rings. The van der Waals surface area contributed by atoms with Crippen LogP contribution in [0.15, 0.2) is 55.0 Å². The van der Waals surface area contributed by atoms with Crippen LogP contribution in [0.25, 0.3) is 11.0 Å². The highest BCUT2D eigenvalue weighted by Gasteiger charge is 2.18. The maximum absolute atomic E-state index is 13.1. The number of hydrogen-bond acceptors (Lipinski definition) is 8. The van der Waals surface area contributed by atoms with Crippen molar-refractivity contribution in [3.63, 3.8) is 0 Å². The van der Waals surface area contributed by atoms with Gasteiger partial charge in [0.25, 0.3) is 5.91 Å². The fraction of sp³-hybridized carbons (Fsp3) is 0.296. The van der Waals surface area contributed by atoms with E-state index in [0.29, 0.717) is 34.1 Å². The molecule has 0 aliphatic carbocycles. The fourth-order valence-electron chi connectivity index (χ4n) is 4.23. The molecule has 9 heteroatoms. The molecule has 2 aromatic heterocycles. The van der Waals surface area contributed by atoms with E-state index in [2.05, 4.69) is 30.5 Å². The predicted molar refractivity (Wildman–Crippen MR) is 143 cm³/mol. The van der Waals surface area contributed by atoms with Crippen LogP contribution in [0.2, 0.25) is 0 Å². The van der Waals surface area contributed by atoms with Gasteiger partial charge in [0, 0.05) is 35.6 Å². The number of anilines is 4. The summed E-state index contributed by atoms with van der Waals surface area (Å²) in [4.78, 5) is 33.3. The first kappa shape index (κ1) is 23.6. The second-order valence-electron chi connectivity index (χ2n) is 9.73. The molecular formula is C27H30N8O. The molecule has 1 fully saturated rings. The summed E-state index contributed by atoms with van der Waals surface area (Å²) in [6.45, 7) is 7.74. The first-order valence-electron chi connectivity index (χ1n) is 12.1. The molecule has 0 spiro atoms. The molecule has 36 heavy (non-hydrogen) atoms. The molecule has 0 saturated carbocycles. The lowest BCUT2D eigenvalue weighted by Crippen LogP contribution is -2.28. The summed E-state index contributed by atoms with van der Waals surface area (Å²) < 4.78 is 0. The second-order valence-corrected chi connectivity index (χ2v) is 9.73. The van der Waals surface area contributed by atoms with Gasteiger partial charge in [-0.1, -0.05) is 18.2 Å². The van der Waals surface area contributed by atoms with Gasteiger partial charge >= 0.3 is 0 Å². The van der Waals surface area contributed by atoms with Gasteiger partial charge in [-0.3, -0.25) is 4.79 Å². The van der Waals surface area contributed by atoms with Gasteiger partial charge in [0.2, 0.25) is 5.95 Å². The van der Waals surface area contributed by atoms with E-state index >= 15 is 0 Å². The predicted octanol–water partition coefficient (Wildman–Crippen LogP) is 4.52. The van der Waals surface area contributed by atoms with E-state index in [1.165, 1.54) is 6.33 Å². The lowest BCUT2D eigenvalue weighted by atomic mass is 9.95. The van der Waals surface area contributed by atoms with Crippen LogP contribution in [0.5, 0.6) is 0 Å². The number of nitrogens with two attached hydrogens (primary N) is 1. The third-order valence-electron chi connectivity index (χ3n) is 6.37. The normalized spacial score (nSPS) is 13.7. The molecule has 4 N–H and O–H groups in total. The van der Waals surface area contributed by atoms with Gasteiger partial charge in [-0.05, 0) is 69.0 Å². The Balaban J connectivity index is 1.41. The average molecular weight is 483 g/mol. The van der Waals surface area contributed by atoms with E-state index < -0.39 is 5.54 Å². The Morgan fingerprint density at radius 3 is 2.64 bits per heavy atom.